The highest BCUT2D eigenvalue weighted by molar-refractivity contribution is 5.94. The minimum absolute atomic E-state index is 0.0917. The van der Waals surface area contributed by atoms with Gasteiger partial charge in [-0.3, -0.25) is 14.4 Å². The lowest BCUT2D eigenvalue weighted by Gasteiger charge is -2.28. The van der Waals surface area contributed by atoms with Crippen molar-refractivity contribution >= 4 is 23.7 Å². The van der Waals surface area contributed by atoms with Gasteiger partial charge >= 0.3 is 5.97 Å². The number of hydrogen-bond acceptors (Lipinski definition) is 5. The molecule has 30 heavy (non-hydrogen) atoms. The molecule has 3 amide bonds. The topological polar surface area (TPSA) is 151 Å². The van der Waals surface area contributed by atoms with Crippen molar-refractivity contribution in [3.8, 4) is 0 Å². The predicted octanol–water partition coefficient (Wildman–Crippen LogP) is 0.867. The molecule has 6 N–H and O–H groups in total. The zero-order valence-corrected chi connectivity index (χ0v) is 19.5. The fraction of sp³-hybridized carbons (Fsp3) is 0.810. The average molecular weight is 429 g/mol. The maximum atomic E-state index is 12.9. The summed E-state index contributed by atoms with van der Waals surface area (Å²) in [6.45, 7) is 14.3. The van der Waals surface area contributed by atoms with Gasteiger partial charge in [-0.2, -0.15) is 0 Å². The summed E-state index contributed by atoms with van der Waals surface area (Å²) in [4.78, 5) is 49.4. The van der Waals surface area contributed by atoms with Gasteiger partial charge in [0.2, 0.25) is 17.7 Å². The predicted molar refractivity (Wildman–Crippen MR) is 115 cm³/mol. The van der Waals surface area contributed by atoms with Crippen LogP contribution in [0.25, 0.3) is 0 Å². The first kappa shape index (κ1) is 27.8. The Kier molecular flexibility index (Phi) is 11.6. The second-order valence-electron chi connectivity index (χ2n) is 9.26. The van der Waals surface area contributed by atoms with E-state index in [-0.39, 0.29) is 23.7 Å². The molecule has 0 aromatic carbocycles. The van der Waals surface area contributed by atoms with Gasteiger partial charge in [0, 0.05) is 0 Å². The SMILES string of the molecule is CC(C)CC(NC(=O)C(N)C(C)C)C(=O)NC(C(=O)NC(C(=O)O)C(C)C)C(C)C. The Bertz CT molecular complexity index is 604. The number of carbonyl (C=O) groups is 4. The van der Waals surface area contributed by atoms with Crippen LogP contribution in [0.3, 0.4) is 0 Å². The van der Waals surface area contributed by atoms with Gasteiger partial charge in [0.1, 0.15) is 18.1 Å². The highest BCUT2D eigenvalue weighted by Gasteiger charge is 2.33. The third-order valence-corrected chi connectivity index (χ3v) is 4.84. The molecule has 0 saturated carbocycles. The fourth-order valence-corrected chi connectivity index (χ4v) is 2.82. The van der Waals surface area contributed by atoms with Crippen molar-refractivity contribution in [1.82, 2.24) is 16.0 Å². The number of carbonyl (C=O) groups excluding carboxylic acids is 3. The van der Waals surface area contributed by atoms with Crippen LogP contribution in [0.15, 0.2) is 0 Å². The average Bonchev–Trinajstić information content (AvgIpc) is 2.60. The van der Waals surface area contributed by atoms with Crippen molar-refractivity contribution in [3.63, 3.8) is 0 Å². The number of hydrogen-bond donors (Lipinski definition) is 5. The van der Waals surface area contributed by atoms with Crippen molar-refractivity contribution in [2.45, 2.75) is 86.0 Å². The lowest BCUT2D eigenvalue weighted by atomic mass is 9.98. The summed E-state index contributed by atoms with van der Waals surface area (Å²) in [5.41, 5.74) is 5.88. The van der Waals surface area contributed by atoms with Crippen molar-refractivity contribution in [1.29, 1.82) is 0 Å². The molecule has 0 fully saturated rings. The first-order chi connectivity index (χ1) is 13.7. The molecule has 0 heterocycles. The largest absolute Gasteiger partial charge is 0.480 e. The van der Waals surface area contributed by atoms with Gasteiger partial charge in [-0.05, 0) is 30.1 Å². The van der Waals surface area contributed by atoms with E-state index in [2.05, 4.69) is 16.0 Å². The second-order valence-corrected chi connectivity index (χ2v) is 9.26. The van der Waals surface area contributed by atoms with E-state index in [1.807, 2.05) is 27.7 Å². The van der Waals surface area contributed by atoms with Gasteiger partial charge in [0.05, 0.1) is 6.04 Å². The minimum Gasteiger partial charge on any atom is -0.480 e. The van der Waals surface area contributed by atoms with Gasteiger partial charge in [-0.15, -0.1) is 0 Å². The van der Waals surface area contributed by atoms with E-state index >= 15 is 0 Å². The molecular formula is C21H40N4O5. The fourth-order valence-electron chi connectivity index (χ4n) is 2.82. The highest BCUT2D eigenvalue weighted by atomic mass is 16.4. The number of aliphatic carboxylic acids is 1. The van der Waals surface area contributed by atoms with Gasteiger partial charge in [0.15, 0.2) is 0 Å². The molecule has 9 nitrogen and oxygen atoms in total. The van der Waals surface area contributed by atoms with Crippen LogP contribution in [-0.2, 0) is 19.2 Å². The molecule has 0 radical (unpaired) electrons. The Morgan fingerprint density at radius 2 is 1.17 bits per heavy atom. The Balaban J connectivity index is 5.44. The Hall–Kier alpha value is -2.16. The lowest BCUT2D eigenvalue weighted by molar-refractivity contribution is -0.144. The van der Waals surface area contributed by atoms with Crippen LogP contribution >= 0.6 is 0 Å². The van der Waals surface area contributed by atoms with Gasteiger partial charge in [0.25, 0.3) is 0 Å². The van der Waals surface area contributed by atoms with E-state index in [4.69, 9.17) is 5.73 Å². The summed E-state index contributed by atoms with van der Waals surface area (Å²) in [6, 6.07) is -3.61. The number of carboxylic acid groups (broad SMARTS) is 1. The van der Waals surface area contributed by atoms with Crippen LogP contribution < -0.4 is 21.7 Å². The molecule has 174 valence electrons. The van der Waals surface area contributed by atoms with Crippen molar-refractivity contribution in [3.05, 3.63) is 0 Å². The molecule has 0 bridgehead atoms. The van der Waals surface area contributed by atoms with Crippen molar-refractivity contribution < 1.29 is 24.3 Å². The minimum atomic E-state index is -1.14. The van der Waals surface area contributed by atoms with Gasteiger partial charge in [-0.25, -0.2) is 4.79 Å². The molecule has 0 aliphatic heterocycles. The van der Waals surface area contributed by atoms with Crippen LogP contribution in [0.2, 0.25) is 0 Å². The Labute approximate surface area is 179 Å². The molecule has 0 aromatic rings. The molecule has 4 unspecified atom stereocenters. The first-order valence-corrected chi connectivity index (χ1v) is 10.6. The summed E-state index contributed by atoms with van der Waals surface area (Å²) >= 11 is 0. The summed E-state index contributed by atoms with van der Waals surface area (Å²) in [5.74, 6) is -3.23. The summed E-state index contributed by atoms with van der Waals surface area (Å²) in [7, 11) is 0. The molecular weight excluding hydrogens is 388 g/mol. The molecule has 0 rings (SSSR count). The van der Waals surface area contributed by atoms with Crippen LogP contribution in [0.1, 0.15) is 61.8 Å². The molecule has 4 atom stereocenters. The van der Waals surface area contributed by atoms with E-state index in [1.54, 1.807) is 27.7 Å². The maximum Gasteiger partial charge on any atom is 0.326 e. The number of nitrogens with one attached hydrogen (secondary N) is 3. The number of carboxylic acids is 1. The normalized spacial score (nSPS) is 15.6. The number of amides is 3. The zero-order chi connectivity index (χ0) is 23.8. The zero-order valence-electron chi connectivity index (χ0n) is 19.5. The quantitative estimate of drug-likeness (QED) is 0.311. The van der Waals surface area contributed by atoms with Crippen LogP contribution in [-0.4, -0.2) is 53.0 Å². The highest BCUT2D eigenvalue weighted by Crippen LogP contribution is 2.10. The molecule has 0 aliphatic carbocycles. The van der Waals surface area contributed by atoms with Crippen LogP contribution in [0, 0.1) is 23.7 Å². The second kappa shape index (κ2) is 12.5. The summed E-state index contributed by atoms with van der Waals surface area (Å²) in [5, 5.41) is 17.2. The summed E-state index contributed by atoms with van der Waals surface area (Å²) in [6.07, 6.45) is 0.374. The van der Waals surface area contributed by atoms with E-state index in [1.165, 1.54) is 0 Å². The lowest BCUT2D eigenvalue weighted by Crippen LogP contribution is -2.59. The molecule has 0 saturated heterocycles. The Morgan fingerprint density at radius 1 is 0.700 bits per heavy atom. The molecule has 9 heteroatoms. The molecule has 0 aliphatic rings. The van der Waals surface area contributed by atoms with Gasteiger partial charge in [-0.1, -0.05) is 55.4 Å². The number of rotatable bonds is 12. The molecule has 0 aromatic heterocycles. The monoisotopic (exact) mass is 428 g/mol. The Morgan fingerprint density at radius 3 is 1.53 bits per heavy atom. The van der Waals surface area contributed by atoms with E-state index in [0.717, 1.165) is 0 Å². The third-order valence-electron chi connectivity index (χ3n) is 4.84. The van der Waals surface area contributed by atoms with E-state index in [0.29, 0.717) is 6.42 Å². The van der Waals surface area contributed by atoms with Crippen LogP contribution in [0.4, 0.5) is 0 Å². The van der Waals surface area contributed by atoms with Crippen LogP contribution in [0.5, 0.6) is 0 Å². The first-order valence-electron chi connectivity index (χ1n) is 10.6. The summed E-state index contributed by atoms with van der Waals surface area (Å²) < 4.78 is 0. The van der Waals surface area contributed by atoms with E-state index in [9.17, 15) is 24.3 Å². The van der Waals surface area contributed by atoms with Crippen molar-refractivity contribution in [2.24, 2.45) is 29.4 Å². The molecule has 0 spiro atoms. The van der Waals surface area contributed by atoms with Crippen molar-refractivity contribution in [2.75, 3.05) is 0 Å². The maximum absolute atomic E-state index is 12.9. The van der Waals surface area contributed by atoms with Gasteiger partial charge < -0.3 is 26.8 Å². The number of nitrogens with two attached hydrogens (primary N) is 1. The van der Waals surface area contributed by atoms with E-state index < -0.39 is 47.9 Å². The third kappa shape index (κ3) is 9.11. The standard InChI is InChI=1S/C21H40N4O5/c1-10(2)9-14(23-19(27)15(22)11(3)4)18(26)24-16(12(5)6)20(28)25-17(13(7)8)21(29)30/h10-17H,9,22H2,1-8H3,(H,23,27)(H,24,26)(H,25,28)(H,29,30). The smallest absolute Gasteiger partial charge is 0.326 e.